The molecule has 0 aliphatic heterocycles. The topological polar surface area (TPSA) is 41.1 Å². The van der Waals surface area contributed by atoms with Crippen LogP contribution in [0.4, 0.5) is 11.4 Å². The molecule has 3 nitrogen and oxygen atoms in total. The number of para-hydroxylation sites is 1. The SMILES string of the molecule is CC(C)c1ccccc1NCC(=O)Nc1cccc(Br)c1. The maximum atomic E-state index is 12.0. The van der Waals surface area contributed by atoms with Crippen LogP contribution in [0.3, 0.4) is 0 Å². The van der Waals surface area contributed by atoms with Crippen molar-refractivity contribution in [3.8, 4) is 0 Å². The van der Waals surface area contributed by atoms with Gasteiger partial charge in [0.05, 0.1) is 6.54 Å². The minimum Gasteiger partial charge on any atom is -0.376 e. The lowest BCUT2D eigenvalue weighted by molar-refractivity contribution is -0.114. The molecule has 0 fully saturated rings. The van der Waals surface area contributed by atoms with E-state index in [4.69, 9.17) is 0 Å². The number of carbonyl (C=O) groups excluding carboxylic acids is 1. The maximum Gasteiger partial charge on any atom is 0.243 e. The third kappa shape index (κ3) is 4.60. The first-order chi connectivity index (χ1) is 10.1. The Labute approximate surface area is 133 Å². The van der Waals surface area contributed by atoms with E-state index in [9.17, 15) is 4.79 Å². The molecule has 0 aliphatic carbocycles. The summed E-state index contributed by atoms with van der Waals surface area (Å²) in [5.74, 6) is 0.355. The lowest BCUT2D eigenvalue weighted by Crippen LogP contribution is -2.22. The monoisotopic (exact) mass is 346 g/mol. The van der Waals surface area contributed by atoms with Crippen molar-refractivity contribution in [1.82, 2.24) is 0 Å². The lowest BCUT2D eigenvalue weighted by atomic mass is 10.0. The number of nitrogens with one attached hydrogen (secondary N) is 2. The van der Waals surface area contributed by atoms with Crippen molar-refractivity contribution in [2.75, 3.05) is 17.2 Å². The summed E-state index contributed by atoms with van der Waals surface area (Å²) in [6.45, 7) is 4.53. The van der Waals surface area contributed by atoms with E-state index < -0.39 is 0 Å². The fourth-order valence-corrected chi connectivity index (χ4v) is 2.51. The molecule has 110 valence electrons. The summed E-state index contributed by atoms with van der Waals surface area (Å²) in [5, 5.41) is 6.08. The highest BCUT2D eigenvalue weighted by atomic mass is 79.9. The molecule has 2 N–H and O–H groups in total. The average molecular weight is 347 g/mol. The van der Waals surface area contributed by atoms with Crippen LogP contribution in [0.25, 0.3) is 0 Å². The standard InChI is InChI=1S/C17H19BrN2O/c1-12(2)15-8-3-4-9-16(15)19-11-17(21)20-14-7-5-6-13(18)10-14/h3-10,12,19H,11H2,1-2H3,(H,20,21). The smallest absolute Gasteiger partial charge is 0.243 e. The third-order valence-corrected chi connectivity index (χ3v) is 3.62. The molecule has 1 amide bonds. The first-order valence-electron chi connectivity index (χ1n) is 6.94. The van der Waals surface area contributed by atoms with Gasteiger partial charge < -0.3 is 10.6 Å². The highest BCUT2D eigenvalue weighted by molar-refractivity contribution is 9.10. The zero-order chi connectivity index (χ0) is 15.2. The Kier molecular flexibility index (Phi) is 5.39. The minimum atomic E-state index is -0.0633. The minimum absolute atomic E-state index is 0.0633. The number of halogens is 1. The largest absolute Gasteiger partial charge is 0.376 e. The van der Waals surface area contributed by atoms with Crippen LogP contribution >= 0.6 is 15.9 Å². The van der Waals surface area contributed by atoms with E-state index in [-0.39, 0.29) is 12.5 Å². The zero-order valence-corrected chi connectivity index (χ0v) is 13.8. The Hall–Kier alpha value is -1.81. The number of carbonyl (C=O) groups is 1. The molecule has 2 rings (SSSR count). The summed E-state index contributed by atoms with van der Waals surface area (Å²) in [6.07, 6.45) is 0. The molecule has 4 heteroatoms. The van der Waals surface area contributed by atoms with Crippen molar-refractivity contribution in [3.63, 3.8) is 0 Å². The molecule has 21 heavy (non-hydrogen) atoms. The van der Waals surface area contributed by atoms with Gasteiger partial charge in [-0.3, -0.25) is 4.79 Å². The summed E-state index contributed by atoms with van der Waals surface area (Å²) in [4.78, 5) is 12.0. The Balaban J connectivity index is 1.95. The summed E-state index contributed by atoms with van der Waals surface area (Å²) in [5.41, 5.74) is 3.01. The van der Waals surface area contributed by atoms with Crippen molar-refractivity contribution in [3.05, 3.63) is 58.6 Å². The molecule has 2 aromatic carbocycles. The predicted octanol–water partition coefficient (Wildman–Crippen LogP) is 4.62. The molecule has 0 saturated heterocycles. The van der Waals surface area contributed by atoms with Gasteiger partial charge in [0.15, 0.2) is 0 Å². The lowest BCUT2D eigenvalue weighted by Gasteiger charge is -2.14. The zero-order valence-electron chi connectivity index (χ0n) is 12.2. The normalized spacial score (nSPS) is 10.5. The fraction of sp³-hybridized carbons (Fsp3) is 0.235. The number of hydrogen-bond acceptors (Lipinski definition) is 2. The first kappa shape index (κ1) is 15.6. The maximum absolute atomic E-state index is 12.0. The van der Waals surface area contributed by atoms with E-state index in [1.165, 1.54) is 5.56 Å². The van der Waals surface area contributed by atoms with Gasteiger partial charge in [-0.2, -0.15) is 0 Å². The van der Waals surface area contributed by atoms with Crippen LogP contribution in [0, 0.1) is 0 Å². The molecule has 0 aliphatic rings. The van der Waals surface area contributed by atoms with Gasteiger partial charge >= 0.3 is 0 Å². The van der Waals surface area contributed by atoms with E-state index in [2.05, 4.69) is 46.5 Å². The van der Waals surface area contributed by atoms with Gasteiger partial charge in [-0.1, -0.05) is 54.0 Å². The second-order valence-electron chi connectivity index (χ2n) is 5.15. The molecule has 2 aromatic rings. The fourth-order valence-electron chi connectivity index (χ4n) is 2.11. The molecule has 0 heterocycles. The van der Waals surface area contributed by atoms with Crippen molar-refractivity contribution in [2.45, 2.75) is 19.8 Å². The van der Waals surface area contributed by atoms with Gasteiger partial charge in [-0.25, -0.2) is 0 Å². The van der Waals surface area contributed by atoms with Crippen LogP contribution < -0.4 is 10.6 Å². The van der Waals surface area contributed by atoms with Gasteiger partial charge in [0.2, 0.25) is 5.91 Å². The second-order valence-corrected chi connectivity index (χ2v) is 6.07. The molecular weight excluding hydrogens is 328 g/mol. The summed E-state index contributed by atoms with van der Waals surface area (Å²) < 4.78 is 0.943. The van der Waals surface area contributed by atoms with E-state index >= 15 is 0 Å². The van der Waals surface area contributed by atoms with Gasteiger partial charge in [0, 0.05) is 15.8 Å². The molecule has 0 unspecified atom stereocenters. The summed E-state index contributed by atoms with van der Waals surface area (Å²) in [7, 11) is 0. The van der Waals surface area contributed by atoms with Gasteiger partial charge in [0.1, 0.15) is 0 Å². The number of hydrogen-bond donors (Lipinski definition) is 2. The third-order valence-electron chi connectivity index (χ3n) is 3.13. The van der Waals surface area contributed by atoms with E-state index in [1.807, 2.05) is 42.5 Å². The Morgan fingerprint density at radius 3 is 2.62 bits per heavy atom. The molecule has 0 aromatic heterocycles. The summed E-state index contributed by atoms with van der Waals surface area (Å²) in [6, 6.07) is 15.6. The van der Waals surface area contributed by atoms with Crippen LogP contribution in [0.2, 0.25) is 0 Å². The van der Waals surface area contributed by atoms with E-state index in [1.54, 1.807) is 0 Å². The van der Waals surface area contributed by atoms with Crippen molar-refractivity contribution in [1.29, 1.82) is 0 Å². The van der Waals surface area contributed by atoms with Crippen molar-refractivity contribution < 1.29 is 4.79 Å². The highest BCUT2D eigenvalue weighted by Gasteiger charge is 2.07. The summed E-state index contributed by atoms with van der Waals surface area (Å²) >= 11 is 3.39. The van der Waals surface area contributed by atoms with Crippen LogP contribution in [-0.2, 0) is 4.79 Å². The van der Waals surface area contributed by atoms with Crippen LogP contribution in [0.1, 0.15) is 25.3 Å². The highest BCUT2D eigenvalue weighted by Crippen LogP contribution is 2.23. The van der Waals surface area contributed by atoms with Crippen molar-refractivity contribution in [2.24, 2.45) is 0 Å². The molecule has 0 atom stereocenters. The van der Waals surface area contributed by atoms with Gasteiger partial charge in [0.25, 0.3) is 0 Å². The predicted molar refractivity (Wildman–Crippen MR) is 91.8 cm³/mol. The van der Waals surface area contributed by atoms with E-state index in [0.29, 0.717) is 5.92 Å². The van der Waals surface area contributed by atoms with Gasteiger partial charge in [-0.05, 0) is 35.7 Å². The van der Waals surface area contributed by atoms with Crippen LogP contribution in [-0.4, -0.2) is 12.5 Å². The molecule has 0 bridgehead atoms. The van der Waals surface area contributed by atoms with Crippen LogP contribution in [0.15, 0.2) is 53.0 Å². The second kappa shape index (κ2) is 7.27. The number of rotatable bonds is 5. The van der Waals surface area contributed by atoms with Crippen molar-refractivity contribution >= 4 is 33.2 Å². The van der Waals surface area contributed by atoms with Gasteiger partial charge in [-0.15, -0.1) is 0 Å². The van der Waals surface area contributed by atoms with Crippen LogP contribution in [0.5, 0.6) is 0 Å². The number of anilines is 2. The molecule has 0 radical (unpaired) electrons. The first-order valence-corrected chi connectivity index (χ1v) is 7.74. The number of benzene rings is 2. The quantitative estimate of drug-likeness (QED) is 0.828. The Bertz CT molecular complexity index is 626. The molecule has 0 saturated carbocycles. The Morgan fingerprint density at radius 1 is 1.14 bits per heavy atom. The molecular formula is C17H19BrN2O. The molecule has 0 spiro atoms. The van der Waals surface area contributed by atoms with E-state index in [0.717, 1.165) is 15.8 Å². The average Bonchev–Trinajstić information content (AvgIpc) is 2.45. The number of amides is 1. The Morgan fingerprint density at radius 2 is 1.90 bits per heavy atom.